The van der Waals surface area contributed by atoms with Crippen LogP contribution in [0.1, 0.15) is 5.56 Å². The zero-order valence-corrected chi connectivity index (χ0v) is 7.36. The minimum absolute atomic E-state index is 0.249. The van der Waals surface area contributed by atoms with Gasteiger partial charge in [0.2, 0.25) is 0 Å². The molecule has 0 bridgehead atoms. The molecule has 0 N–H and O–H groups in total. The molecule has 6 heteroatoms. The molecule has 14 heavy (non-hydrogen) atoms. The SMILES string of the molecule is N#Cc1cccc(Cl)c1OC(F)(F)F. The molecular weight excluding hydrogens is 219 g/mol. The molecule has 74 valence electrons. The largest absolute Gasteiger partial charge is 0.573 e. The van der Waals surface area contributed by atoms with Gasteiger partial charge in [-0.05, 0) is 12.1 Å². The first kappa shape index (κ1) is 10.7. The summed E-state index contributed by atoms with van der Waals surface area (Å²) in [6.45, 7) is 0. The van der Waals surface area contributed by atoms with Gasteiger partial charge in [-0.2, -0.15) is 5.26 Å². The molecule has 0 aliphatic rings. The van der Waals surface area contributed by atoms with Crippen molar-refractivity contribution in [3.63, 3.8) is 0 Å². The maximum absolute atomic E-state index is 11.8. The van der Waals surface area contributed by atoms with Crippen LogP contribution in [0.3, 0.4) is 0 Å². The normalized spacial score (nSPS) is 10.8. The zero-order valence-electron chi connectivity index (χ0n) is 6.60. The van der Waals surface area contributed by atoms with Crippen LogP contribution in [0, 0.1) is 11.3 Å². The van der Waals surface area contributed by atoms with Crippen molar-refractivity contribution in [1.29, 1.82) is 5.26 Å². The Balaban J connectivity index is 3.13. The summed E-state index contributed by atoms with van der Waals surface area (Å²) in [5.41, 5.74) is -0.255. The number of para-hydroxylation sites is 1. The van der Waals surface area contributed by atoms with E-state index in [1.807, 2.05) is 0 Å². The summed E-state index contributed by atoms with van der Waals surface area (Å²) in [6, 6.07) is 5.31. The lowest BCUT2D eigenvalue weighted by molar-refractivity contribution is -0.274. The van der Waals surface area contributed by atoms with Crippen molar-refractivity contribution < 1.29 is 17.9 Å². The smallest absolute Gasteiger partial charge is 0.403 e. The Hall–Kier alpha value is -1.41. The molecule has 0 unspecified atom stereocenters. The highest BCUT2D eigenvalue weighted by Crippen LogP contribution is 2.32. The third-order valence-electron chi connectivity index (χ3n) is 1.31. The molecule has 0 aromatic heterocycles. The number of nitriles is 1. The number of rotatable bonds is 1. The Bertz CT molecular complexity index is 383. The minimum atomic E-state index is -4.85. The van der Waals surface area contributed by atoms with E-state index in [-0.39, 0.29) is 10.6 Å². The Morgan fingerprint density at radius 3 is 2.50 bits per heavy atom. The number of alkyl halides is 3. The van der Waals surface area contributed by atoms with Gasteiger partial charge in [0.05, 0.1) is 10.6 Å². The van der Waals surface area contributed by atoms with Crippen molar-refractivity contribution in [3.8, 4) is 11.8 Å². The van der Waals surface area contributed by atoms with Crippen molar-refractivity contribution in [2.75, 3.05) is 0 Å². The van der Waals surface area contributed by atoms with Crippen LogP contribution in [0.15, 0.2) is 18.2 Å². The molecule has 0 spiro atoms. The van der Waals surface area contributed by atoms with Crippen molar-refractivity contribution >= 4 is 11.6 Å². The van der Waals surface area contributed by atoms with E-state index in [0.29, 0.717) is 0 Å². The first-order valence-electron chi connectivity index (χ1n) is 3.38. The topological polar surface area (TPSA) is 33.0 Å². The van der Waals surface area contributed by atoms with Gasteiger partial charge in [-0.15, -0.1) is 13.2 Å². The number of hydrogen-bond donors (Lipinski definition) is 0. The van der Waals surface area contributed by atoms with E-state index in [1.54, 1.807) is 6.07 Å². The molecule has 0 saturated carbocycles. The summed E-state index contributed by atoms with van der Waals surface area (Å²) < 4.78 is 39.1. The predicted octanol–water partition coefficient (Wildman–Crippen LogP) is 3.11. The van der Waals surface area contributed by atoms with Gasteiger partial charge in [-0.3, -0.25) is 0 Å². The van der Waals surface area contributed by atoms with E-state index in [4.69, 9.17) is 16.9 Å². The van der Waals surface area contributed by atoms with Crippen molar-refractivity contribution in [2.24, 2.45) is 0 Å². The molecule has 1 aromatic carbocycles. The fourth-order valence-electron chi connectivity index (χ4n) is 0.816. The Labute approximate surface area is 82.5 Å². The molecule has 0 radical (unpaired) electrons. The zero-order chi connectivity index (χ0) is 10.8. The van der Waals surface area contributed by atoms with Gasteiger partial charge in [0.25, 0.3) is 0 Å². The number of benzene rings is 1. The second-order valence-electron chi connectivity index (χ2n) is 2.28. The number of halogens is 4. The molecule has 0 saturated heterocycles. The van der Waals surface area contributed by atoms with Crippen molar-refractivity contribution in [3.05, 3.63) is 28.8 Å². The summed E-state index contributed by atoms with van der Waals surface area (Å²) in [5.74, 6) is -0.663. The quantitative estimate of drug-likeness (QED) is 0.730. The van der Waals surface area contributed by atoms with E-state index in [1.165, 1.54) is 18.2 Å². The Morgan fingerprint density at radius 1 is 1.36 bits per heavy atom. The average Bonchev–Trinajstić information content (AvgIpc) is 2.06. The number of hydrogen-bond acceptors (Lipinski definition) is 2. The molecule has 0 aliphatic heterocycles. The van der Waals surface area contributed by atoms with Gasteiger partial charge in [0.15, 0.2) is 5.75 Å². The lowest BCUT2D eigenvalue weighted by Gasteiger charge is -2.10. The van der Waals surface area contributed by atoms with Gasteiger partial charge in [0.1, 0.15) is 6.07 Å². The molecule has 0 amide bonds. The summed E-state index contributed by atoms with van der Waals surface area (Å²) in [4.78, 5) is 0. The lowest BCUT2D eigenvalue weighted by atomic mass is 10.2. The lowest BCUT2D eigenvalue weighted by Crippen LogP contribution is -2.18. The van der Waals surface area contributed by atoms with Crippen LogP contribution >= 0.6 is 11.6 Å². The molecule has 0 heterocycles. The van der Waals surface area contributed by atoms with Gasteiger partial charge in [0, 0.05) is 0 Å². The Kier molecular flexibility index (Phi) is 2.87. The maximum Gasteiger partial charge on any atom is 0.573 e. The van der Waals surface area contributed by atoms with Gasteiger partial charge >= 0.3 is 6.36 Å². The van der Waals surface area contributed by atoms with E-state index in [9.17, 15) is 13.2 Å². The van der Waals surface area contributed by atoms with Crippen LogP contribution in [0.25, 0.3) is 0 Å². The number of ether oxygens (including phenoxy) is 1. The van der Waals surface area contributed by atoms with Crippen LogP contribution < -0.4 is 4.74 Å². The monoisotopic (exact) mass is 221 g/mol. The highest BCUT2D eigenvalue weighted by Gasteiger charge is 2.33. The molecule has 2 nitrogen and oxygen atoms in total. The van der Waals surface area contributed by atoms with Crippen LogP contribution in [-0.4, -0.2) is 6.36 Å². The summed E-state index contributed by atoms with van der Waals surface area (Å²) >= 11 is 5.44. The van der Waals surface area contributed by atoms with Gasteiger partial charge in [-0.1, -0.05) is 17.7 Å². The molecule has 1 rings (SSSR count). The predicted molar refractivity (Wildman–Crippen MR) is 42.9 cm³/mol. The van der Waals surface area contributed by atoms with Crippen molar-refractivity contribution in [1.82, 2.24) is 0 Å². The highest BCUT2D eigenvalue weighted by molar-refractivity contribution is 6.32. The fraction of sp³-hybridized carbons (Fsp3) is 0.125. The van der Waals surface area contributed by atoms with E-state index in [0.717, 1.165) is 0 Å². The van der Waals surface area contributed by atoms with Crippen LogP contribution in [0.2, 0.25) is 5.02 Å². The second kappa shape index (κ2) is 3.76. The fourth-order valence-corrected chi connectivity index (χ4v) is 1.03. The van der Waals surface area contributed by atoms with Crippen LogP contribution in [0.4, 0.5) is 13.2 Å². The first-order chi connectivity index (χ1) is 6.44. The van der Waals surface area contributed by atoms with Crippen LogP contribution in [0.5, 0.6) is 5.75 Å². The van der Waals surface area contributed by atoms with E-state index in [2.05, 4.69) is 4.74 Å². The molecule has 0 aliphatic carbocycles. The highest BCUT2D eigenvalue weighted by atomic mass is 35.5. The molecule has 1 aromatic rings. The van der Waals surface area contributed by atoms with Crippen molar-refractivity contribution in [2.45, 2.75) is 6.36 Å². The summed E-state index contributed by atoms with van der Waals surface area (Å²) in [7, 11) is 0. The first-order valence-corrected chi connectivity index (χ1v) is 3.76. The van der Waals surface area contributed by atoms with E-state index < -0.39 is 12.1 Å². The Morgan fingerprint density at radius 2 is 2.00 bits per heavy atom. The van der Waals surface area contributed by atoms with Gasteiger partial charge in [-0.25, -0.2) is 0 Å². The number of nitrogens with zero attached hydrogens (tertiary/aromatic N) is 1. The van der Waals surface area contributed by atoms with Crippen LogP contribution in [-0.2, 0) is 0 Å². The molecule has 0 fully saturated rings. The standard InChI is InChI=1S/C8H3ClF3NO/c9-6-3-1-2-5(4-13)7(6)14-8(10,11)12/h1-3H. The van der Waals surface area contributed by atoms with Gasteiger partial charge < -0.3 is 4.74 Å². The third-order valence-corrected chi connectivity index (χ3v) is 1.60. The maximum atomic E-state index is 11.8. The minimum Gasteiger partial charge on any atom is -0.403 e. The average molecular weight is 222 g/mol. The summed E-state index contributed by atoms with van der Waals surface area (Å²) in [6.07, 6.45) is -4.85. The molecular formula is C8H3ClF3NO. The summed E-state index contributed by atoms with van der Waals surface area (Å²) in [5, 5.41) is 8.23. The van der Waals surface area contributed by atoms with E-state index >= 15 is 0 Å². The second-order valence-corrected chi connectivity index (χ2v) is 2.68. The molecule has 0 atom stereocenters. The third kappa shape index (κ3) is 2.54.